The minimum absolute atomic E-state index is 0.0596. The fraction of sp³-hybridized carbons (Fsp3) is 0.412. The van der Waals surface area contributed by atoms with Crippen molar-refractivity contribution < 1.29 is 23.1 Å². The molecular weight excluding hydrogens is 647 g/mol. The molecule has 9 nitrogen and oxygen atoms in total. The first-order valence-electron chi connectivity index (χ1n) is 15.6. The number of hydrogen-bond acceptors (Lipinski definition) is 6. The van der Waals surface area contributed by atoms with Crippen molar-refractivity contribution in [2.75, 3.05) is 31.5 Å². The molecule has 2 atom stereocenters. The highest BCUT2D eigenvalue weighted by Gasteiger charge is 2.32. The van der Waals surface area contributed by atoms with Crippen LogP contribution in [0.5, 0.6) is 0 Å². The smallest absolute Gasteiger partial charge is 0.256 e. The molecule has 0 spiro atoms. The molecular formula is C34H38Cl2N4O5S. The third kappa shape index (κ3) is 6.64. The van der Waals surface area contributed by atoms with Gasteiger partial charge in [-0.3, -0.25) is 14.5 Å². The summed E-state index contributed by atoms with van der Waals surface area (Å²) < 4.78 is 26.8. The Morgan fingerprint density at radius 1 is 1.09 bits per heavy atom. The number of rotatable bonds is 9. The quantitative estimate of drug-likeness (QED) is 0.260. The van der Waals surface area contributed by atoms with Gasteiger partial charge in [0.15, 0.2) is 9.84 Å². The summed E-state index contributed by atoms with van der Waals surface area (Å²) in [6, 6.07) is 9.62. The summed E-state index contributed by atoms with van der Waals surface area (Å²) in [7, 11) is -3.83. The van der Waals surface area contributed by atoms with Crippen molar-refractivity contribution in [3.8, 4) is 0 Å². The number of nitrogens with zero attached hydrogens (tertiary/aromatic N) is 2. The number of H-pyrrole nitrogens is 1. The maximum absolute atomic E-state index is 13.4. The van der Waals surface area contributed by atoms with Crippen molar-refractivity contribution in [1.29, 1.82) is 0 Å². The zero-order valence-corrected chi connectivity index (χ0v) is 28.2. The van der Waals surface area contributed by atoms with E-state index in [0.29, 0.717) is 41.8 Å². The van der Waals surface area contributed by atoms with Crippen LogP contribution in [0.3, 0.4) is 0 Å². The van der Waals surface area contributed by atoms with Gasteiger partial charge in [-0.2, -0.15) is 0 Å². The molecule has 3 N–H and O–H groups in total. The number of hydrogen-bond donors (Lipinski definition) is 3. The van der Waals surface area contributed by atoms with Gasteiger partial charge in [0.25, 0.3) is 5.91 Å². The van der Waals surface area contributed by atoms with Crippen LogP contribution in [0.15, 0.2) is 41.3 Å². The number of benzene rings is 2. The summed E-state index contributed by atoms with van der Waals surface area (Å²) in [6.07, 6.45) is 5.19. The van der Waals surface area contributed by atoms with E-state index in [2.05, 4.69) is 15.2 Å². The molecule has 6 rings (SSSR count). The average molecular weight is 686 g/mol. The lowest BCUT2D eigenvalue weighted by molar-refractivity contribution is -0.132. The van der Waals surface area contributed by atoms with E-state index in [1.807, 2.05) is 18.7 Å². The van der Waals surface area contributed by atoms with Crippen LogP contribution >= 0.6 is 23.2 Å². The van der Waals surface area contributed by atoms with E-state index in [4.69, 9.17) is 23.2 Å². The highest BCUT2D eigenvalue weighted by atomic mass is 35.5. The molecule has 1 aromatic heterocycles. The number of aliphatic hydroxyl groups excluding tert-OH is 1. The number of amides is 2. The molecule has 0 radical (unpaired) electrons. The predicted octanol–water partition coefficient (Wildman–Crippen LogP) is 5.40. The first-order chi connectivity index (χ1) is 21.9. The summed E-state index contributed by atoms with van der Waals surface area (Å²) in [4.78, 5) is 34.1. The van der Waals surface area contributed by atoms with Crippen molar-refractivity contribution in [2.45, 2.75) is 68.7 Å². The number of aryl methyl sites for hydroxylation is 1. The van der Waals surface area contributed by atoms with E-state index in [9.17, 15) is 23.1 Å². The number of aromatic amines is 1. The second kappa shape index (κ2) is 13.2. The highest BCUT2D eigenvalue weighted by molar-refractivity contribution is 7.90. The standard InChI is InChI=1S/C34H38Cl2N4O5S/c1-20-25(9-11-33(42)40-13-4-5-22(40)17-39-14-12-23(41)18-39)21(2)37-32(20)16-27-26-15-24(8-10-31(26)38-34(27)43)46(44,45)19-28-29(35)6-3-7-30(28)36/h3,6-8,10,15-16,22-23,37,41H,4-5,9,11-14,17-19H2,1-2H3,(H,38,43)/b27-16-/t22-,23-/m1/s1. The van der Waals surface area contributed by atoms with Gasteiger partial charge in [0.05, 0.1) is 22.3 Å². The lowest BCUT2D eigenvalue weighted by Gasteiger charge is -2.28. The SMILES string of the molecule is Cc1[nH]c(/C=C2\C(=O)Nc3ccc(S(=O)(=O)Cc4c(Cl)cccc4Cl)cc32)c(C)c1CCC(=O)N1CCC[C@@H]1CN1CC[C@@H](O)C1. The molecule has 244 valence electrons. The molecule has 12 heteroatoms. The number of aromatic nitrogens is 1. The normalized spacial score (nSPS) is 20.9. The molecule has 3 aromatic rings. The van der Waals surface area contributed by atoms with Crippen molar-refractivity contribution in [3.05, 3.63) is 80.1 Å². The number of halogens is 2. The average Bonchev–Trinajstić information content (AvgIpc) is 3.77. The minimum atomic E-state index is -3.83. The fourth-order valence-corrected chi connectivity index (χ4v) is 9.05. The van der Waals surface area contributed by atoms with Crippen LogP contribution in [0.25, 0.3) is 11.6 Å². The van der Waals surface area contributed by atoms with E-state index in [0.717, 1.165) is 61.4 Å². The van der Waals surface area contributed by atoms with E-state index in [1.54, 1.807) is 30.3 Å². The molecule has 3 aliphatic rings. The number of aliphatic hydroxyl groups is 1. The lowest BCUT2D eigenvalue weighted by Crippen LogP contribution is -2.43. The number of sulfone groups is 1. The van der Waals surface area contributed by atoms with Crippen LogP contribution in [0.2, 0.25) is 10.0 Å². The van der Waals surface area contributed by atoms with Crippen LogP contribution < -0.4 is 5.32 Å². The zero-order chi connectivity index (χ0) is 32.7. The van der Waals surface area contributed by atoms with Gasteiger partial charge in [-0.1, -0.05) is 29.3 Å². The van der Waals surface area contributed by atoms with Crippen molar-refractivity contribution >= 4 is 62.2 Å². The van der Waals surface area contributed by atoms with Gasteiger partial charge in [-0.15, -0.1) is 0 Å². The first-order valence-corrected chi connectivity index (χ1v) is 18.0. The van der Waals surface area contributed by atoms with Crippen LogP contribution in [-0.4, -0.2) is 78.4 Å². The van der Waals surface area contributed by atoms with Crippen LogP contribution in [0, 0.1) is 13.8 Å². The van der Waals surface area contributed by atoms with Gasteiger partial charge in [0.2, 0.25) is 5.91 Å². The monoisotopic (exact) mass is 684 g/mol. The van der Waals surface area contributed by atoms with E-state index >= 15 is 0 Å². The van der Waals surface area contributed by atoms with Crippen molar-refractivity contribution in [2.24, 2.45) is 0 Å². The van der Waals surface area contributed by atoms with E-state index in [1.165, 1.54) is 12.1 Å². The predicted molar refractivity (Wildman–Crippen MR) is 181 cm³/mol. The van der Waals surface area contributed by atoms with Crippen LogP contribution in [0.4, 0.5) is 5.69 Å². The summed E-state index contributed by atoms with van der Waals surface area (Å²) in [5.41, 5.74) is 5.33. The molecule has 2 fully saturated rings. The number of anilines is 1. The molecule has 2 saturated heterocycles. The second-order valence-electron chi connectivity index (χ2n) is 12.5. The van der Waals surface area contributed by atoms with Gasteiger partial charge in [-0.25, -0.2) is 8.42 Å². The van der Waals surface area contributed by atoms with Gasteiger partial charge in [-0.05, 0) is 87.1 Å². The Bertz CT molecular complexity index is 1820. The van der Waals surface area contributed by atoms with Crippen LogP contribution in [-0.2, 0) is 31.6 Å². The number of carbonyl (C=O) groups is 2. The van der Waals surface area contributed by atoms with Crippen molar-refractivity contribution in [3.63, 3.8) is 0 Å². The Morgan fingerprint density at radius 2 is 1.85 bits per heavy atom. The maximum atomic E-state index is 13.4. The van der Waals surface area contributed by atoms with Gasteiger partial charge < -0.3 is 20.3 Å². The third-order valence-corrected chi connectivity index (χ3v) is 11.8. The summed E-state index contributed by atoms with van der Waals surface area (Å²) >= 11 is 12.5. The Morgan fingerprint density at radius 3 is 2.57 bits per heavy atom. The number of nitrogens with one attached hydrogen (secondary N) is 2. The highest BCUT2D eigenvalue weighted by Crippen LogP contribution is 2.37. The van der Waals surface area contributed by atoms with Gasteiger partial charge in [0, 0.05) is 76.9 Å². The topological polar surface area (TPSA) is 123 Å². The first kappa shape index (κ1) is 32.8. The lowest BCUT2D eigenvalue weighted by atomic mass is 10.0. The third-order valence-electron chi connectivity index (χ3n) is 9.45. The molecule has 2 aromatic carbocycles. The Balaban J connectivity index is 1.19. The summed E-state index contributed by atoms with van der Waals surface area (Å²) in [5.74, 6) is -0.563. The number of β-amino-alcohol motifs (C(OH)–C–C–N with tert-alkyl or cyclic N) is 1. The minimum Gasteiger partial charge on any atom is -0.392 e. The largest absolute Gasteiger partial charge is 0.392 e. The Hall–Kier alpha value is -3.15. The zero-order valence-electron chi connectivity index (χ0n) is 25.9. The summed E-state index contributed by atoms with van der Waals surface area (Å²) in [6.45, 7) is 7.05. The van der Waals surface area contributed by atoms with Crippen LogP contribution in [0.1, 0.15) is 59.3 Å². The Labute approximate surface area is 279 Å². The number of carbonyl (C=O) groups excluding carboxylic acids is 2. The molecule has 0 aliphatic carbocycles. The van der Waals surface area contributed by atoms with Gasteiger partial charge >= 0.3 is 0 Å². The summed E-state index contributed by atoms with van der Waals surface area (Å²) in [5, 5.41) is 13.3. The maximum Gasteiger partial charge on any atom is 0.256 e. The fourth-order valence-electron chi connectivity index (χ4n) is 6.93. The van der Waals surface area contributed by atoms with Crippen molar-refractivity contribution in [1.82, 2.24) is 14.8 Å². The molecule has 0 bridgehead atoms. The van der Waals surface area contributed by atoms with E-state index in [-0.39, 0.29) is 44.7 Å². The molecule has 2 amide bonds. The molecule has 0 saturated carbocycles. The van der Waals surface area contributed by atoms with Gasteiger partial charge in [0.1, 0.15) is 0 Å². The molecule has 4 heterocycles. The molecule has 46 heavy (non-hydrogen) atoms. The second-order valence-corrected chi connectivity index (χ2v) is 15.3. The Kier molecular flexibility index (Phi) is 9.38. The van der Waals surface area contributed by atoms with E-state index < -0.39 is 9.84 Å². The molecule has 0 unspecified atom stereocenters. The number of likely N-dealkylation sites (tertiary alicyclic amines) is 2. The number of fused-ring (bicyclic) bond motifs is 1. The molecule has 3 aliphatic heterocycles.